The maximum Gasteiger partial charge on any atom is 0.323 e. The lowest BCUT2D eigenvalue weighted by Crippen LogP contribution is -2.10. The molecule has 0 atom stereocenters. The molecule has 0 unspecified atom stereocenters. The van der Waals surface area contributed by atoms with Crippen molar-refractivity contribution >= 4 is 23.7 Å². The fourth-order valence-electron chi connectivity index (χ4n) is 1.39. The highest BCUT2D eigenvalue weighted by Crippen LogP contribution is 2.09. The van der Waals surface area contributed by atoms with Crippen molar-refractivity contribution in [2.24, 2.45) is 0 Å². The van der Waals surface area contributed by atoms with Crippen LogP contribution in [0.1, 0.15) is 26.2 Å². The van der Waals surface area contributed by atoms with E-state index < -0.39 is 0 Å². The van der Waals surface area contributed by atoms with Gasteiger partial charge in [0.05, 0.1) is 6.61 Å². The third kappa shape index (κ3) is 5.90. The molecule has 0 aliphatic heterocycles. The first-order valence-electron chi connectivity index (χ1n) is 6.13. The van der Waals surface area contributed by atoms with E-state index in [0.717, 1.165) is 13.0 Å². The third-order valence-electron chi connectivity index (χ3n) is 2.21. The number of thioether (sulfide) groups is 1. The minimum atomic E-state index is 0.179. The highest BCUT2D eigenvalue weighted by molar-refractivity contribution is 7.98. The molecule has 7 heteroatoms. The van der Waals surface area contributed by atoms with Gasteiger partial charge in [0, 0.05) is 6.54 Å². The average Bonchev–Trinajstić information content (AvgIpc) is 2.33. The van der Waals surface area contributed by atoms with Crippen molar-refractivity contribution < 1.29 is 4.74 Å². The number of nitrogen functional groups attached to an aromatic ring is 1. The molecule has 0 radical (unpaired) electrons. The lowest BCUT2D eigenvalue weighted by Gasteiger charge is -2.07. The fraction of sp³-hybridized carbons (Fsp3) is 0.727. The molecule has 0 fully saturated rings. The Labute approximate surface area is 112 Å². The van der Waals surface area contributed by atoms with E-state index in [1.54, 1.807) is 0 Å². The number of nitrogens with zero attached hydrogens (tertiary/aromatic N) is 3. The van der Waals surface area contributed by atoms with Crippen LogP contribution in [0.15, 0.2) is 0 Å². The first-order valence-corrected chi connectivity index (χ1v) is 7.52. The zero-order valence-corrected chi connectivity index (χ0v) is 11.8. The van der Waals surface area contributed by atoms with Crippen LogP contribution in [0.3, 0.4) is 0 Å². The molecule has 0 amide bonds. The molecule has 102 valence electrons. The maximum absolute atomic E-state index is 5.57. The molecule has 0 aliphatic rings. The van der Waals surface area contributed by atoms with E-state index in [9.17, 15) is 0 Å². The molecule has 0 saturated heterocycles. The van der Waals surface area contributed by atoms with Crippen LogP contribution in [-0.4, -0.2) is 40.1 Å². The van der Waals surface area contributed by atoms with Crippen LogP contribution in [-0.2, 0) is 0 Å². The van der Waals surface area contributed by atoms with Crippen LogP contribution in [0.2, 0.25) is 0 Å². The third-order valence-corrected chi connectivity index (χ3v) is 2.91. The van der Waals surface area contributed by atoms with Gasteiger partial charge in [-0.1, -0.05) is 6.42 Å². The molecule has 18 heavy (non-hydrogen) atoms. The van der Waals surface area contributed by atoms with Gasteiger partial charge in [-0.05, 0) is 31.8 Å². The summed E-state index contributed by atoms with van der Waals surface area (Å²) in [5.41, 5.74) is 5.57. The quantitative estimate of drug-likeness (QED) is 0.662. The Bertz CT molecular complexity index is 350. The number of nitrogens with one attached hydrogen (secondary N) is 1. The lowest BCUT2D eigenvalue weighted by molar-refractivity contribution is 0.312. The van der Waals surface area contributed by atoms with Crippen molar-refractivity contribution in [1.82, 2.24) is 15.0 Å². The Morgan fingerprint density at radius 1 is 1.22 bits per heavy atom. The van der Waals surface area contributed by atoms with Crippen molar-refractivity contribution in [3.8, 4) is 6.01 Å². The smallest absolute Gasteiger partial charge is 0.323 e. The summed E-state index contributed by atoms with van der Waals surface area (Å²) >= 11 is 1.88. The van der Waals surface area contributed by atoms with Gasteiger partial charge in [0.2, 0.25) is 11.9 Å². The minimum absolute atomic E-state index is 0.179. The summed E-state index contributed by atoms with van der Waals surface area (Å²) in [5, 5.41) is 3.13. The van der Waals surface area contributed by atoms with E-state index in [2.05, 4.69) is 26.5 Å². The van der Waals surface area contributed by atoms with Gasteiger partial charge in [-0.2, -0.15) is 26.7 Å². The summed E-state index contributed by atoms with van der Waals surface area (Å²) in [6.07, 6.45) is 5.66. The molecule has 1 rings (SSSR count). The van der Waals surface area contributed by atoms with E-state index in [1.165, 1.54) is 18.6 Å². The Morgan fingerprint density at radius 2 is 2.06 bits per heavy atom. The number of hydrogen-bond acceptors (Lipinski definition) is 7. The molecule has 0 aliphatic carbocycles. The van der Waals surface area contributed by atoms with Gasteiger partial charge in [0.1, 0.15) is 0 Å². The second-order valence-corrected chi connectivity index (χ2v) is 4.70. The van der Waals surface area contributed by atoms with Gasteiger partial charge in [-0.15, -0.1) is 0 Å². The number of ether oxygens (including phenoxy) is 1. The van der Waals surface area contributed by atoms with Crippen molar-refractivity contribution in [3.05, 3.63) is 0 Å². The number of hydrogen-bond donors (Lipinski definition) is 2. The summed E-state index contributed by atoms with van der Waals surface area (Å²) in [6.45, 7) is 3.22. The number of nitrogens with two attached hydrogens (primary N) is 1. The second-order valence-electron chi connectivity index (χ2n) is 3.71. The number of unbranched alkanes of at least 4 members (excludes halogenated alkanes) is 2. The highest BCUT2D eigenvalue weighted by atomic mass is 32.2. The predicted octanol–water partition coefficient (Wildman–Crippen LogP) is 1.80. The normalized spacial score (nSPS) is 10.3. The Hall–Kier alpha value is -1.24. The van der Waals surface area contributed by atoms with E-state index >= 15 is 0 Å². The van der Waals surface area contributed by atoms with E-state index in [-0.39, 0.29) is 12.0 Å². The zero-order chi connectivity index (χ0) is 13.2. The number of anilines is 2. The van der Waals surface area contributed by atoms with E-state index in [4.69, 9.17) is 10.5 Å². The number of aromatic nitrogens is 3. The maximum atomic E-state index is 5.57. The molecule has 0 aromatic carbocycles. The fourth-order valence-corrected chi connectivity index (χ4v) is 1.89. The molecule has 0 spiro atoms. The first-order chi connectivity index (χ1) is 8.76. The highest BCUT2D eigenvalue weighted by Gasteiger charge is 2.04. The van der Waals surface area contributed by atoms with Crippen LogP contribution in [0.4, 0.5) is 11.9 Å². The van der Waals surface area contributed by atoms with Gasteiger partial charge in [0.25, 0.3) is 0 Å². The van der Waals surface area contributed by atoms with Crippen molar-refractivity contribution in [1.29, 1.82) is 0 Å². The molecule has 1 heterocycles. The van der Waals surface area contributed by atoms with Gasteiger partial charge < -0.3 is 15.8 Å². The number of rotatable bonds is 9. The molecule has 0 saturated carbocycles. The molecule has 6 nitrogen and oxygen atoms in total. The zero-order valence-electron chi connectivity index (χ0n) is 11.0. The van der Waals surface area contributed by atoms with Crippen molar-refractivity contribution in [2.75, 3.05) is 36.2 Å². The monoisotopic (exact) mass is 271 g/mol. The van der Waals surface area contributed by atoms with Crippen LogP contribution in [0.25, 0.3) is 0 Å². The predicted molar refractivity (Wildman–Crippen MR) is 76.1 cm³/mol. The average molecular weight is 271 g/mol. The standard InChI is InChI=1S/C11H21N5OS/c1-3-17-11-15-9(12)14-10(16-11)13-7-5-4-6-8-18-2/h3-8H2,1-2H3,(H3,12,13,14,15,16). The van der Waals surface area contributed by atoms with Crippen LogP contribution < -0.4 is 15.8 Å². The van der Waals surface area contributed by atoms with Gasteiger partial charge in [-0.25, -0.2) is 0 Å². The molecule has 1 aromatic rings. The first kappa shape index (κ1) is 14.8. The second kappa shape index (κ2) is 8.79. The Morgan fingerprint density at radius 3 is 2.78 bits per heavy atom. The molecular weight excluding hydrogens is 250 g/mol. The molecule has 3 N–H and O–H groups in total. The SMILES string of the molecule is CCOc1nc(N)nc(NCCCCCSC)n1. The Balaban J connectivity index is 2.32. The van der Waals surface area contributed by atoms with E-state index in [1.807, 2.05) is 18.7 Å². The van der Waals surface area contributed by atoms with Crippen LogP contribution in [0.5, 0.6) is 6.01 Å². The van der Waals surface area contributed by atoms with Crippen LogP contribution >= 0.6 is 11.8 Å². The molecule has 1 aromatic heterocycles. The largest absolute Gasteiger partial charge is 0.464 e. The summed E-state index contributed by atoms with van der Waals surface area (Å²) in [7, 11) is 0. The van der Waals surface area contributed by atoms with Gasteiger partial charge in [-0.3, -0.25) is 0 Å². The van der Waals surface area contributed by atoms with Crippen molar-refractivity contribution in [2.45, 2.75) is 26.2 Å². The summed E-state index contributed by atoms with van der Waals surface area (Å²) in [4.78, 5) is 12.0. The minimum Gasteiger partial charge on any atom is -0.464 e. The summed E-state index contributed by atoms with van der Waals surface area (Å²) in [5.74, 6) is 1.88. The summed E-state index contributed by atoms with van der Waals surface area (Å²) in [6, 6.07) is 0.273. The molecule has 0 bridgehead atoms. The van der Waals surface area contributed by atoms with Crippen molar-refractivity contribution in [3.63, 3.8) is 0 Å². The van der Waals surface area contributed by atoms with Gasteiger partial charge >= 0.3 is 6.01 Å². The topological polar surface area (TPSA) is 86.0 Å². The molecular formula is C11H21N5OS. The van der Waals surface area contributed by atoms with Crippen LogP contribution in [0, 0.1) is 0 Å². The summed E-state index contributed by atoms with van der Waals surface area (Å²) < 4.78 is 5.20. The lowest BCUT2D eigenvalue weighted by atomic mass is 10.2. The van der Waals surface area contributed by atoms with E-state index in [0.29, 0.717) is 12.6 Å². The Kier molecular flexibility index (Phi) is 7.24. The van der Waals surface area contributed by atoms with Gasteiger partial charge in [0.15, 0.2) is 0 Å².